The van der Waals surface area contributed by atoms with Gasteiger partial charge in [-0.05, 0) is 74.6 Å². The van der Waals surface area contributed by atoms with Crippen LogP contribution < -0.4 is 4.90 Å². The summed E-state index contributed by atoms with van der Waals surface area (Å²) in [5.41, 5.74) is 3.67. The summed E-state index contributed by atoms with van der Waals surface area (Å²) < 4.78 is 35.0. The molecule has 1 amide bonds. The first kappa shape index (κ1) is 31.6. The molecule has 0 aliphatic carbocycles. The van der Waals surface area contributed by atoms with E-state index < -0.39 is 10.0 Å². The molecule has 0 spiro atoms. The molecule has 224 valence electrons. The Morgan fingerprint density at radius 2 is 1.61 bits per heavy atom. The number of benzene rings is 2. The summed E-state index contributed by atoms with van der Waals surface area (Å²) >= 11 is 1.52. The van der Waals surface area contributed by atoms with E-state index >= 15 is 0 Å². The van der Waals surface area contributed by atoms with Gasteiger partial charge in [0.1, 0.15) is 0 Å². The molecule has 0 radical (unpaired) electrons. The molecule has 4 rings (SSSR count). The lowest BCUT2D eigenvalue weighted by atomic mass is 10.1. The molecule has 2 heterocycles. The molecule has 0 unspecified atom stereocenters. The van der Waals surface area contributed by atoms with Crippen LogP contribution in [0, 0.1) is 13.8 Å². The molecule has 1 aromatic heterocycles. The van der Waals surface area contributed by atoms with E-state index in [1.165, 1.54) is 16.9 Å². The lowest BCUT2D eigenvalue weighted by Gasteiger charge is -2.27. The molecule has 2 aromatic carbocycles. The quantitative estimate of drug-likeness (QED) is 0.230. The molecular formula is C31H44N4O4S2. The lowest BCUT2D eigenvalue weighted by molar-refractivity contribution is 0.0376. The first-order valence-electron chi connectivity index (χ1n) is 14.8. The standard InChI is InChI=1S/C31H44N4O4S2/c1-5-7-17-34(18-8-6-2)41(37,38)27-13-11-26(12-14-27)30(36)35(19-9-16-33-20-22-39-23-21-33)31-32-29-25(4)24(3)10-15-28(29)40-31/h10-15H,5-9,16-23H2,1-4H3. The van der Waals surface area contributed by atoms with E-state index in [-0.39, 0.29) is 10.8 Å². The Kier molecular flexibility index (Phi) is 11.3. The molecule has 0 bridgehead atoms. The number of thiazole rings is 1. The van der Waals surface area contributed by atoms with Crippen molar-refractivity contribution in [1.29, 1.82) is 0 Å². The van der Waals surface area contributed by atoms with Crippen molar-refractivity contribution in [3.8, 4) is 0 Å². The Balaban J connectivity index is 1.58. The second kappa shape index (κ2) is 14.7. The zero-order chi connectivity index (χ0) is 29.4. The minimum absolute atomic E-state index is 0.168. The van der Waals surface area contributed by atoms with E-state index in [4.69, 9.17) is 9.72 Å². The number of aryl methyl sites for hydroxylation is 2. The molecule has 3 aromatic rings. The van der Waals surface area contributed by atoms with Gasteiger partial charge in [-0.2, -0.15) is 4.31 Å². The molecule has 0 N–H and O–H groups in total. The van der Waals surface area contributed by atoms with Crippen molar-refractivity contribution >= 4 is 42.6 Å². The number of aromatic nitrogens is 1. The van der Waals surface area contributed by atoms with Crippen molar-refractivity contribution in [2.75, 3.05) is 57.4 Å². The maximum absolute atomic E-state index is 13.9. The summed E-state index contributed by atoms with van der Waals surface area (Å²) in [5, 5.41) is 0.669. The van der Waals surface area contributed by atoms with Crippen molar-refractivity contribution in [3.63, 3.8) is 0 Å². The monoisotopic (exact) mass is 600 g/mol. The van der Waals surface area contributed by atoms with Crippen LogP contribution in [0.5, 0.6) is 0 Å². The Hall–Kier alpha value is -2.37. The third kappa shape index (κ3) is 7.73. The normalized spacial score (nSPS) is 14.7. The number of anilines is 1. The summed E-state index contributed by atoms with van der Waals surface area (Å²) in [5.74, 6) is -0.168. The number of amides is 1. The number of hydrogen-bond donors (Lipinski definition) is 0. The maximum atomic E-state index is 13.9. The second-order valence-electron chi connectivity index (χ2n) is 10.8. The Morgan fingerprint density at radius 1 is 0.951 bits per heavy atom. The Morgan fingerprint density at radius 3 is 2.24 bits per heavy atom. The predicted octanol–water partition coefficient (Wildman–Crippen LogP) is 5.87. The van der Waals surface area contributed by atoms with Crippen LogP contribution >= 0.6 is 11.3 Å². The molecular weight excluding hydrogens is 556 g/mol. The number of nitrogens with zero attached hydrogens (tertiary/aromatic N) is 4. The fourth-order valence-corrected chi connectivity index (χ4v) is 7.55. The average Bonchev–Trinajstić information content (AvgIpc) is 3.42. The molecule has 8 nitrogen and oxygen atoms in total. The third-order valence-electron chi connectivity index (χ3n) is 7.77. The summed E-state index contributed by atoms with van der Waals surface area (Å²) in [4.78, 5) is 23.2. The van der Waals surface area contributed by atoms with E-state index in [2.05, 4.69) is 44.7 Å². The SMILES string of the molecule is CCCCN(CCCC)S(=O)(=O)c1ccc(C(=O)N(CCCN2CCOCC2)c2nc3c(C)c(C)ccc3s2)cc1. The van der Waals surface area contributed by atoms with Crippen LogP contribution in [0.25, 0.3) is 10.2 Å². The van der Waals surface area contributed by atoms with Crippen molar-refractivity contribution in [2.45, 2.75) is 64.7 Å². The lowest BCUT2D eigenvalue weighted by Crippen LogP contribution is -2.39. The fourth-order valence-electron chi connectivity index (χ4n) is 4.99. The van der Waals surface area contributed by atoms with E-state index in [9.17, 15) is 13.2 Å². The van der Waals surface area contributed by atoms with Crippen molar-refractivity contribution < 1.29 is 17.9 Å². The number of carbonyl (C=O) groups is 1. The van der Waals surface area contributed by atoms with Gasteiger partial charge in [0.2, 0.25) is 10.0 Å². The molecule has 1 fully saturated rings. The largest absolute Gasteiger partial charge is 0.379 e. The van der Waals surface area contributed by atoms with E-state index in [1.54, 1.807) is 33.5 Å². The fraction of sp³-hybridized carbons (Fsp3) is 0.548. The summed E-state index contributed by atoms with van der Waals surface area (Å²) in [7, 11) is -3.63. The van der Waals surface area contributed by atoms with Crippen LogP contribution in [-0.2, 0) is 14.8 Å². The number of sulfonamides is 1. The molecule has 1 aliphatic heterocycles. The van der Waals surface area contributed by atoms with Gasteiger partial charge in [0.05, 0.1) is 28.3 Å². The molecule has 0 atom stereocenters. The van der Waals surface area contributed by atoms with Gasteiger partial charge in [-0.3, -0.25) is 14.6 Å². The summed E-state index contributed by atoms with van der Waals surface area (Å²) in [6.45, 7) is 13.9. The zero-order valence-electron chi connectivity index (χ0n) is 24.9. The first-order chi connectivity index (χ1) is 19.8. The van der Waals surface area contributed by atoms with Crippen LogP contribution in [0.1, 0.15) is 67.4 Å². The highest BCUT2D eigenvalue weighted by atomic mass is 32.2. The van der Waals surface area contributed by atoms with Gasteiger partial charge in [-0.15, -0.1) is 0 Å². The minimum atomic E-state index is -3.63. The van der Waals surface area contributed by atoms with E-state index in [0.717, 1.165) is 80.7 Å². The number of morpholine rings is 1. The highest BCUT2D eigenvalue weighted by Gasteiger charge is 2.26. The summed E-state index contributed by atoms with van der Waals surface area (Å²) in [6.07, 6.45) is 4.30. The maximum Gasteiger partial charge on any atom is 0.260 e. The van der Waals surface area contributed by atoms with Crippen LogP contribution in [0.3, 0.4) is 0 Å². The van der Waals surface area contributed by atoms with Crippen LogP contribution in [0.2, 0.25) is 0 Å². The van der Waals surface area contributed by atoms with Gasteiger partial charge in [0.15, 0.2) is 5.13 Å². The number of carbonyl (C=O) groups excluding carboxylic acids is 1. The molecule has 0 saturated carbocycles. The van der Waals surface area contributed by atoms with E-state index in [1.807, 2.05) is 0 Å². The van der Waals surface area contributed by atoms with Gasteiger partial charge in [-0.25, -0.2) is 13.4 Å². The average molecular weight is 601 g/mol. The number of fused-ring (bicyclic) bond motifs is 1. The van der Waals surface area contributed by atoms with Gasteiger partial charge in [0, 0.05) is 44.8 Å². The molecule has 1 saturated heterocycles. The molecule has 1 aliphatic rings. The highest BCUT2D eigenvalue weighted by molar-refractivity contribution is 7.89. The van der Waals surface area contributed by atoms with Crippen LogP contribution in [0.15, 0.2) is 41.3 Å². The van der Waals surface area contributed by atoms with Gasteiger partial charge < -0.3 is 4.74 Å². The Labute approximate surface area is 249 Å². The smallest absolute Gasteiger partial charge is 0.260 e. The van der Waals surface area contributed by atoms with Crippen molar-refractivity contribution in [1.82, 2.24) is 14.2 Å². The number of hydrogen-bond acceptors (Lipinski definition) is 7. The topological polar surface area (TPSA) is 83.1 Å². The van der Waals surface area contributed by atoms with Gasteiger partial charge >= 0.3 is 0 Å². The first-order valence-corrected chi connectivity index (χ1v) is 17.1. The van der Waals surface area contributed by atoms with E-state index in [0.29, 0.717) is 30.3 Å². The molecule has 10 heteroatoms. The third-order valence-corrected chi connectivity index (χ3v) is 10.7. The predicted molar refractivity (Wildman–Crippen MR) is 168 cm³/mol. The number of rotatable bonds is 14. The Bertz CT molecular complexity index is 1390. The van der Waals surface area contributed by atoms with Crippen LogP contribution in [0.4, 0.5) is 5.13 Å². The van der Waals surface area contributed by atoms with Crippen molar-refractivity contribution in [3.05, 3.63) is 53.1 Å². The van der Waals surface area contributed by atoms with Crippen molar-refractivity contribution in [2.24, 2.45) is 0 Å². The summed E-state index contributed by atoms with van der Waals surface area (Å²) in [6, 6.07) is 10.6. The van der Waals surface area contributed by atoms with Gasteiger partial charge in [0.25, 0.3) is 5.91 Å². The number of unbranched alkanes of at least 4 members (excludes halogenated alkanes) is 2. The van der Waals surface area contributed by atoms with Crippen LogP contribution in [-0.4, -0.2) is 81.0 Å². The molecule has 41 heavy (non-hydrogen) atoms. The second-order valence-corrected chi connectivity index (χ2v) is 13.7. The number of ether oxygens (including phenoxy) is 1. The highest BCUT2D eigenvalue weighted by Crippen LogP contribution is 2.33. The minimum Gasteiger partial charge on any atom is -0.379 e. The van der Waals surface area contributed by atoms with Gasteiger partial charge in [-0.1, -0.05) is 44.1 Å². The zero-order valence-corrected chi connectivity index (χ0v) is 26.5.